The highest BCUT2D eigenvalue weighted by molar-refractivity contribution is 5.71. The number of ether oxygens (including phenoxy) is 3. The molecule has 0 saturated heterocycles. The Balaban J connectivity index is 4.30. The lowest BCUT2D eigenvalue weighted by Gasteiger charge is -2.18. The molecule has 0 aromatic heterocycles. The van der Waals surface area contributed by atoms with Crippen molar-refractivity contribution >= 4 is 17.9 Å². The first-order valence-electron chi connectivity index (χ1n) is 23.3. The first-order valence-corrected chi connectivity index (χ1v) is 23.3. The first kappa shape index (κ1) is 51.4. The molecule has 0 N–H and O–H groups in total. The average Bonchev–Trinajstić information content (AvgIpc) is 3.14. The summed E-state index contributed by atoms with van der Waals surface area (Å²) in [4.78, 5) is 37.7. The van der Waals surface area contributed by atoms with E-state index in [1.165, 1.54) is 141 Å². The van der Waals surface area contributed by atoms with Crippen LogP contribution in [0.2, 0.25) is 0 Å². The summed E-state index contributed by atoms with van der Waals surface area (Å²) in [6.07, 6.45) is 38.0. The molecule has 0 heterocycles. The molecule has 1 unspecified atom stereocenters. The summed E-state index contributed by atoms with van der Waals surface area (Å²) >= 11 is 0. The van der Waals surface area contributed by atoms with Crippen molar-refractivity contribution in [1.29, 1.82) is 0 Å². The molecular formula is C47H90O6. The lowest BCUT2D eigenvalue weighted by Crippen LogP contribution is -2.30. The Morgan fingerprint density at radius 3 is 1.08 bits per heavy atom. The van der Waals surface area contributed by atoms with Gasteiger partial charge < -0.3 is 14.2 Å². The van der Waals surface area contributed by atoms with Crippen LogP contribution in [0.4, 0.5) is 0 Å². The van der Waals surface area contributed by atoms with Gasteiger partial charge in [-0.1, -0.05) is 214 Å². The zero-order valence-electron chi connectivity index (χ0n) is 36.1. The van der Waals surface area contributed by atoms with Gasteiger partial charge in [-0.25, -0.2) is 0 Å². The fraction of sp³-hybridized carbons (Fsp3) is 0.936. The summed E-state index contributed by atoms with van der Waals surface area (Å²) in [5.74, 6) is 0.792. The molecule has 2 atom stereocenters. The molecule has 0 aromatic carbocycles. The third-order valence-corrected chi connectivity index (χ3v) is 10.8. The highest BCUT2D eigenvalue weighted by Crippen LogP contribution is 2.17. The largest absolute Gasteiger partial charge is 0.462 e. The number of esters is 3. The van der Waals surface area contributed by atoms with E-state index in [9.17, 15) is 14.4 Å². The summed E-state index contributed by atoms with van der Waals surface area (Å²) in [5.41, 5.74) is 0. The highest BCUT2D eigenvalue weighted by Gasteiger charge is 2.19. The minimum atomic E-state index is -0.760. The van der Waals surface area contributed by atoms with Crippen molar-refractivity contribution in [3.05, 3.63) is 0 Å². The van der Waals surface area contributed by atoms with E-state index in [2.05, 4.69) is 34.6 Å². The summed E-state index contributed by atoms with van der Waals surface area (Å²) in [5, 5.41) is 0. The van der Waals surface area contributed by atoms with E-state index >= 15 is 0 Å². The van der Waals surface area contributed by atoms with Gasteiger partial charge in [-0.3, -0.25) is 14.4 Å². The molecule has 6 heteroatoms. The van der Waals surface area contributed by atoms with Crippen molar-refractivity contribution in [2.24, 2.45) is 11.8 Å². The molecule has 0 aliphatic heterocycles. The van der Waals surface area contributed by atoms with E-state index in [-0.39, 0.29) is 31.1 Å². The molecule has 0 fully saturated rings. The van der Waals surface area contributed by atoms with Crippen LogP contribution in [0.25, 0.3) is 0 Å². The van der Waals surface area contributed by atoms with Crippen molar-refractivity contribution in [3.8, 4) is 0 Å². The predicted octanol–water partition coefficient (Wildman–Crippen LogP) is 14.6. The van der Waals surface area contributed by atoms with Crippen LogP contribution in [0.1, 0.15) is 253 Å². The second kappa shape index (κ2) is 40.1. The molecule has 0 rings (SSSR count). The van der Waals surface area contributed by atoms with Gasteiger partial charge in [-0.15, -0.1) is 0 Å². The molecule has 0 radical (unpaired) electrons. The number of carbonyl (C=O) groups is 3. The predicted molar refractivity (Wildman–Crippen MR) is 224 cm³/mol. The second-order valence-electron chi connectivity index (χ2n) is 16.8. The Morgan fingerprint density at radius 2 is 0.717 bits per heavy atom. The van der Waals surface area contributed by atoms with Gasteiger partial charge in [-0.05, 0) is 31.1 Å². The fourth-order valence-corrected chi connectivity index (χ4v) is 6.90. The van der Waals surface area contributed by atoms with Crippen molar-refractivity contribution in [2.75, 3.05) is 13.2 Å². The van der Waals surface area contributed by atoms with E-state index < -0.39 is 6.10 Å². The van der Waals surface area contributed by atoms with Crippen molar-refractivity contribution in [3.63, 3.8) is 0 Å². The van der Waals surface area contributed by atoms with Crippen molar-refractivity contribution < 1.29 is 28.6 Å². The van der Waals surface area contributed by atoms with E-state index in [0.29, 0.717) is 19.3 Å². The molecule has 0 spiro atoms. The average molecular weight is 751 g/mol. The SMILES string of the molecule is CCCCCCCCCCCC(=O)OC[C@H](COC(=O)CCCCCCCCC(C)CC)OC(=O)CCCCCCCCCCCCCCCC(C)C. The Hall–Kier alpha value is -1.59. The van der Waals surface area contributed by atoms with E-state index in [4.69, 9.17) is 14.2 Å². The summed E-state index contributed by atoms with van der Waals surface area (Å²) in [7, 11) is 0. The lowest BCUT2D eigenvalue weighted by molar-refractivity contribution is -0.167. The summed E-state index contributed by atoms with van der Waals surface area (Å²) in [6, 6.07) is 0. The number of hydrogen-bond acceptors (Lipinski definition) is 6. The topological polar surface area (TPSA) is 78.9 Å². The van der Waals surface area contributed by atoms with Gasteiger partial charge in [0.1, 0.15) is 13.2 Å². The van der Waals surface area contributed by atoms with Gasteiger partial charge in [0.25, 0.3) is 0 Å². The van der Waals surface area contributed by atoms with Crippen LogP contribution in [-0.2, 0) is 28.6 Å². The maximum absolute atomic E-state index is 12.7. The monoisotopic (exact) mass is 751 g/mol. The van der Waals surface area contributed by atoms with E-state index in [1.807, 2.05) is 0 Å². The molecule has 0 aromatic rings. The molecule has 0 aliphatic rings. The van der Waals surface area contributed by atoms with Crippen LogP contribution in [0.5, 0.6) is 0 Å². The Labute approximate surface area is 329 Å². The van der Waals surface area contributed by atoms with Crippen LogP contribution >= 0.6 is 0 Å². The summed E-state index contributed by atoms with van der Waals surface area (Å²) in [6.45, 7) is 11.3. The maximum atomic E-state index is 12.7. The van der Waals surface area contributed by atoms with E-state index in [1.54, 1.807) is 0 Å². The van der Waals surface area contributed by atoms with Crippen LogP contribution in [0.3, 0.4) is 0 Å². The van der Waals surface area contributed by atoms with Gasteiger partial charge in [0, 0.05) is 19.3 Å². The van der Waals surface area contributed by atoms with Crippen LogP contribution < -0.4 is 0 Å². The zero-order chi connectivity index (χ0) is 39.0. The van der Waals surface area contributed by atoms with E-state index in [0.717, 1.165) is 69.6 Å². The third-order valence-electron chi connectivity index (χ3n) is 10.8. The second-order valence-corrected chi connectivity index (χ2v) is 16.8. The quantitative estimate of drug-likeness (QED) is 0.0352. The molecule has 0 saturated carbocycles. The van der Waals surface area contributed by atoms with Gasteiger partial charge in [0.05, 0.1) is 0 Å². The summed E-state index contributed by atoms with van der Waals surface area (Å²) < 4.78 is 16.7. The Morgan fingerprint density at radius 1 is 0.396 bits per heavy atom. The number of carbonyl (C=O) groups excluding carboxylic acids is 3. The molecule has 0 aliphatic carbocycles. The van der Waals surface area contributed by atoms with Crippen LogP contribution in [0, 0.1) is 11.8 Å². The molecule has 0 amide bonds. The Bertz CT molecular complexity index is 811. The van der Waals surface area contributed by atoms with Gasteiger partial charge in [-0.2, -0.15) is 0 Å². The molecule has 6 nitrogen and oxygen atoms in total. The third kappa shape index (κ3) is 39.9. The first-order chi connectivity index (χ1) is 25.8. The molecular weight excluding hydrogens is 661 g/mol. The smallest absolute Gasteiger partial charge is 0.306 e. The normalized spacial score (nSPS) is 12.6. The maximum Gasteiger partial charge on any atom is 0.306 e. The molecule has 0 bridgehead atoms. The molecule has 53 heavy (non-hydrogen) atoms. The van der Waals surface area contributed by atoms with Crippen molar-refractivity contribution in [2.45, 2.75) is 259 Å². The minimum Gasteiger partial charge on any atom is -0.462 e. The van der Waals surface area contributed by atoms with Gasteiger partial charge in [0.15, 0.2) is 6.10 Å². The van der Waals surface area contributed by atoms with Crippen molar-refractivity contribution in [1.82, 2.24) is 0 Å². The highest BCUT2D eigenvalue weighted by atomic mass is 16.6. The lowest BCUT2D eigenvalue weighted by atomic mass is 10.00. The van der Waals surface area contributed by atoms with Crippen LogP contribution in [-0.4, -0.2) is 37.2 Å². The minimum absolute atomic E-state index is 0.0654. The number of hydrogen-bond donors (Lipinski definition) is 0. The molecule has 314 valence electrons. The fourth-order valence-electron chi connectivity index (χ4n) is 6.90. The van der Waals surface area contributed by atoms with Gasteiger partial charge >= 0.3 is 17.9 Å². The van der Waals surface area contributed by atoms with Crippen LogP contribution in [0.15, 0.2) is 0 Å². The number of rotatable bonds is 41. The number of unbranched alkanes of at least 4 members (excludes halogenated alkanes) is 25. The standard InChI is InChI=1S/C47H90O6/c1-6-8-9-10-11-17-21-27-32-37-45(48)51-40-44(41-52-46(49)38-33-28-24-23-26-31-36-43(5)7-2)53-47(50)39-34-29-22-19-16-14-12-13-15-18-20-25-30-35-42(3)4/h42-44H,6-41H2,1-5H3/t43?,44-/m1/s1. The zero-order valence-corrected chi connectivity index (χ0v) is 36.1. The Kier molecular flexibility index (Phi) is 38.9. The van der Waals surface area contributed by atoms with Gasteiger partial charge in [0.2, 0.25) is 0 Å².